The van der Waals surface area contributed by atoms with Crippen LogP contribution in [0.2, 0.25) is 0 Å². The maximum absolute atomic E-state index is 4.39. The van der Waals surface area contributed by atoms with Crippen molar-refractivity contribution in [1.82, 2.24) is 9.55 Å². The molecule has 2 unspecified atom stereocenters. The predicted molar refractivity (Wildman–Crippen MR) is 60.2 cm³/mol. The molecule has 0 spiro atoms. The fourth-order valence-electron chi connectivity index (χ4n) is 1.64. The van der Waals surface area contributed by atoms with Gasteiger partial charge < -0.3 is 4.57 Å². The normalized spacial score (nSPS) is 15.9. The summed E-state index contributed by atoms with van der Waals surface area (Å²) < 4.78 is 2.02. The second kappa shape index (κ2) is 4.63. The van der Waals surface area contributed by atoms with Crippen molar-refractivity contribution in [2.24, 2.45) is 18.9 Å². The van der Waals surface area contributed by atoms with Gasteiger partial charge in [0.1, 0.15) is 0 Å². The Hall–Kier alpha value is -0.790. The first kappa shape index (κ1) is 11.3. The van der Waals surface area contributed by atoms with Crippen molar-refractivity contribution in [3.8, 4) is 0 Å². The third-order valence-corrected chi connectivity index (χ3v) is 3.09. The highest BCUT2D eigenvalue weighted by Gasteiger charge is 2.14. The SMILES string of the molecule is CC(CC(C)C(C)C)c1cn(C)cn1. The molecule has 1 aromatic heterocycles. The Morgan fingerprint density at radius 1 is 1.29 bits per heavy atom. The maximum atomic E-state index is 4.39. The van der Waals surface area contributed by atoms with Crippen molar-refractivity contribution in [2.45, 2.75) is 40.0 Å². The fraction of sp³-hybridized carbons (Fsp3) is 0.750. The molecule has 2 heteroatoms. The van der Waals surface area contributed by atoms with Crippen LogP contribution in [0.25, 0.3) is 0 Å². The number of rotatable bonds is 4. The van der Waals surface area contributed by atoms with Crippen LogP contribution in [0.15, 0.2) is 12.5 Å². The van der Waals surface area contributed by atoms with Crippen LogP contribution in [0.5, 0.6) is 0 Å². The van der Waals surface area contributed by atoms with Crippen LogP contribution in [0.3, 0.4) is 0 Å². The smallest absolute Gasteiger partial charge is 0.0946 e. The number of hydrogen-bond donors (Lipinski definition) is 0. The van der Waals surface area contributed by atoms with E-state index in [1.165, 1.54) is 12.1 Å². The van der Waals surface area contributed by atoms with E-state index >= 15 is 0 Å². The van der Waals surface area contributed by atoms with Gasteiger partial charge in [0, 0.05) is 19.2 Å². The zero-order chi connectivity index (χ0) is 10.7. The first-order chi connectivity index (χ1) is 6.50. The fourth-order valence-corrected chi connectivity index (χ4v) is 1.64. The van der Waals surface area contributed by atoms with Gasteiger partial charge in [-0.1, -0.05) is 27.7 Å². The average molecular weight is 194 g/mol. The van der Waals surface area contributed by atoms with Gasteiger partial charge in [-0.05, 0) is 18.3 Å². The highest BCUT2D eigenvalue weighted by molar-refractivity contribution is 5.03. The zero-order valence-corrected chi connectivity index (χ0v) is 9.99. The van der Waals surface area contributed by atoms with E-state index in [9.17, 15) is 0 Å². The quantitative estimate of drug-likeness (QED) is 0.719. The summed E-state index contributed by atoms with van der Waals surface area (Å²) in [6, 6.07) is 0. The van der Waals surface area contributed by atoms with Crippen LogP contribution >= 0.6 is 0 Å². The van der Waals surface area contributed by atoms with Gasteiger partial charge in [0.25, 0.3) is 0 Å². The summed E-state index contributed by atoms with van der Waals surface area (Å²) in [7, 11) is 2.02. The van der Waals surface area contributed by atoms with Crippen LogP contribution in [0.1, 0.15) is 45.7 Å². The predicted octanol–water partition coefficient (Wildman–Crippen LogP) is 3.21. The maximum Gasteiger partial charge on any atom is 0.0946 e. The van der Waals surface area contributed by atoms with Crippen LogP contribution in [0.4, 0.5) is 0 Å². The lowest BCUT2D eigenvalue weighted by molar-refractivity contribution is 0.366. The summed E-state index contributed by atoms with van der Waals surface area (Å²) in [6.07, 6.45) is 5.23. The van der Waals surface area contributed by atoms with Crippen molar-refractivity contribution >= 4 is 0 Å². The Balaban J connectivity index is 2.54. The summed E-state index contributed by atoms with van der Waals surface area (Å²) in [5.41, 5.74) is 1.22. The molecule has 0 aromatic carbocycles. The van der Waals surface area contributed by atoms with Gasteiger partial charge in [-0.15, -0.1) is 0 Å². The Morgan fingerprint density at radius 3 is 2.36 bits per heavy atom. The third kappa shape index (κ3) is 2.86. The largest absolute Gasteiger partial charge is 0.340 e. The van der Waals surface area contributed by atoms with E-state index in [1.807, 2.05) is 17.9 Å². The molecule has 0 saturated heterocycles. The van der Waals surface area contributed by atoms with Gasteiger partial charge in [-0.2, -0.15) is 0 Å². The number of aryl methyl sites for hydroxylation is 1. The molecule has 0 aliphatic heterocycles. The highest BCUT2D eigenvalue weighted by Crippen LogP contribution is 2.25. The Labute approximate surface area is 87.4 Å². The molecule has 1 heterocycles. The first-order valence-electron chi connectivity index (χ1n) is 5.48. The second-order valence-electron chi connectivity index (χ2n) is 4.82. The van der Waals surface area contributed by atoms with Gasteiger partial charge in [-0.25, -0.2) is 4.98 Å². The minimum absolute atomic E-state index is 0.577. The molecule has 2 atom stereocenters. The molecular weight excluding hydrogens is 172 g/mol. The second-order valence-corrected chi connectivity index (χ2v) is 4.82. The van der Waals surface area contributed by atoms with E-state index in [1.54, 1.807) is 0 Å². The molecule has 0 amide bonds. The molecule has 0 radical (unpaired) electrons. The van der Waals surface area contributed by atoms with Crippen LogP contribution in [-0.2, 0) is 7.05 Å². The Bertz CT molecular complexity index is 276. The summed E-state index contributed by atoms with van der Waals surface area (Å²) in [4.78, 5) is 4.39. The molecule has 1 rings (SSSR count). The molecular formula is C12H22N2. The minimum atomic E-state index is 0.577. The summed E-state index contributed by atoms with van der Waals surface area (Å²) in [6.45, 7) is 9.16. The monoisotopic (exact) mass is 194 g/mol. The van der Waals surface area contributed by atoms with Crippen molar-refractivity contribution in [3.05, 3.63) is 18.2 Å². The van der Waals surface area contributed by atoms with E-state index in [-0.39, 0.29) is 0 Å². The molecule has 0 aliphatic carbocycles. The van der Waals surface area contributed by atoms with Crippen LogP contribution in [0, 0.1) is 11.8 Å². The van der Waals surface area contributed by atoms with E-state index in [2.05, 4.69) is 38.9 Å². The minimum Gasteiger partial charge on any atom is -0.340 e. The summed E-state index contributed by atoms with van der Waals surface area (Å²) in [5.74, 6) is 2.11. The number of hydrogen-bond acceptors (Lipinski definition) is 1. The highest BCUT2D eigenvalue weighted by atomic mass is 15.0. The average Bonchev–Trinajstić information content (AvgIpc) is 2.51. The summed E-state index contributed by atoms with van der Waals surface area (Å²) >= 11 is 0. The van der Waals surface area contributed by atoms with E-state index < -0.39 is 0 Å². The number of aromatic nitrogens is 2. The molecule has 80 valence electrons. The van der Waals surface area contributed by atoms with E-state index in [4.69, 9.17) is 0 Å². The van der Waals surface area contributed by atoms with Gasteiger partial charge in [0.05, 0.1) is 12.0 Å². The molecule has 0 aliphatic rings. The van der Waals surface area contributed by atoms with E-state index in [0.717, 1.165) is 11.8 Å². The Morgan fingerprint density at radius 2 is 1.93 bits per heavy atom. The molecule has 14 heavy (non-hydrogen) atoms. The lowest BCUT2D eigenvalue weighted by Crippen LogP contribution is -2.08. The molecule has 1 aromatic rings. The van der Waals surface area contributed by atoms with Crippen molar-refractivity contribution in [3.63, 3.8) is 0 Å². The molecule has 0 bridgehead atoms. The molecule has 0 fully saturated rings. The van der Waals surface area contributed by atoms with Crippen LogP contribution < -0.4 is 0 Å². The van der Waals surface area contributed by atoms with Crippen LogP contribution in [-0.4, -0.2) is 9.55 Å². The lowest BCUT2D eigenvalue weighted by Gasteiger charge is -2.18. The third-order valence-electron chi connectivity index (χ3n) is 3.09. The summed E-state index contributed by atoms with van der Waals surface area (Å²) in [5, 5.41) is 0. The van der Waals surface area contributed by atoms with Gasteiger partial charge in [0.2, 0.25) is 0 Å². The molecule has 0 saturated carbocycles. The zero-order valence-electron chi connectivity index (χ0n) is 9.99. The van der Waals surface area contributed by atoms with Gasteiger partial charge in [0.15, 0.2) is 0 Å². The number of imidazole rings is 1. The topological polar surface area (TPSA) is 17.8 Å². The van der Waals surface area contributed by atoms with Gasteiger partial charge >= 0.3 is 0 Å². The lowest BCUT2D eigenvalue weighted by atomic mass is 9.87. The number of nitrogens with zero attached hydrogens (tertiary/aromatic N) is 2. The standard InChI is InChI=1S/C12H22N2/c1-9(2)10(3)6-11(4)12-7-14(5)8-13-12/h7-11H,6H2,1-5H3. The first-order valence-corrected chi connectivity index (χ1v) is 5.48. The van der Waals surface area contributed by atoms with Crippen molar-refractivity contribution in [2.75, 3.05) is 0 Å². The van der Waals surface area contributed by atoms with Crippen molar-refractivity contribution < 1.29 is 0 Å². The Kier molecular flexibility index (Phi) is 3.73. The van der Waals surface area contributed by atoms with Crippen molar-refractivity contribution in [1.29, 1.82) is 0 Å². The van der Waals surface area contributed by atoms with E-state index in [0.29, 0.717) is 5.92 Å². The van der Waals surface area contributed by atoms with Gasteiger partial charge in [-0.3, -0.25) is 0 Å². The molecule has 2 nitrogen and oxygen atoms in total. The molecule has 0 N–H and O–H groups in total.